The van der Waals surface area contributed by atoms with Gasteiger partial charge in [0.1, 0.15) is 5.82 Å². The van der Waals surface area contributed by atoms with Crippen molar-refractivity contribution in [3.63, 3.8) is 0 Å². The van der Waals surface area contributed by atoms with Gasteiger partial charge in [-0.25, -0.2) is 4.98 Å². The number of hydrogen-bond donors (Lipinski definition) is 2. The molecule has 1 aromatic carbocycles. The summed E-state index contributed by atoms with van der Waals surface area (Å²) in [6.45, 7) is 0. The molecule has 2 aromatic rings. The molecule has 0 radical (unpaired) electrons. The van der Waals surface area contributed by atoms with Crippen LogP contribution in [0.3, 0.4) is 0 Å². The maximum atomic E-state index is 12.2. The zero-order valence-corrected chi connectivity index (χ0v) is 17.1. The Hall–Kier alpha value is -3.49. The van der Waals surface area contributed by atoms with E-state index in [1.54, 1.807) is 24.4 Å². The summed E-state index contributed by atoms with van der Waals surface area (Å²) < 4.78 is 0. The van der Waals surface area contributed by atoms with Crippen LogP contribution in [0, 0.1) is 10.1 Å². The summed E-state index contributed by atoms with van der Waals surface area (Å²) in [5, 5.41) is 17.2. The number of hydrogen-bond acceptors (Lipinski definition) is 7. The molecule has 0 aliphatic heterocycles. The quantitative estimate of drug-likeness (QED) is 0.410. The van der Waals surface area contributed by atoms with E-state index in [9.17, 15) is 14.9 Å². The number of aromatic nitrogens is 2. The normalized spacial score (nSPS) is 18.7. The smallest absolute Gasteiger partial charge is 0.270 e. The monoisotopic (exact) mass is 410 g/mol. The van der Waals surface area contributed by atoms with Gasteiger partial charge in [0, 0.05) is 50.6 Å². The van der Waals surface area contributed by atoms with Crippen LogP contribution < -0.4 is 15.5 Å². The van der Waals surface area contributed by atoms with Crippen LogP contribution in [0.2, 0.25) is 0 Å². The number of nitrogens with one attached hydrogen (secondary N) is 2. The first-order chi connectivity index (χ1) is 14.4. The maximum absolute atomic E-state index is 12.2. The van der Waals surface area contributed by atoms with Gasteiger partial charge in [-0.3, -0.25) is 14.9 Å². The van der Waals surface area contributed by atoms with Crippen LogP contribution in [0.1, 0.15) is 31.2 Å². The third-order valence-electron chi connectivity index (χ3n) is 5.01. The molecule has 9 heteroatoms. The minimum atomic E-state index is -0.453. The van der Waals surface area contributed by atoms with Crippen LogP contribution in [0.15, 0.2) is 42.6 Å². The fraction of sp³-hybridized carbons (Fsp3) is 0.381. The van der Waals surface area contributed by atoms with E-state index in [0.717, 1.165) is 31.5 Å². The van der Waals surface area contributed by atoms with Gasteiger partial charge >= 0.3 is 0 Å². The first-order valence-corrected chi connectivity index (χ1v) is 9.90. The van der Waals surface area contributed by atoms with Crippen molar-refractivity contribution in [3.05, 3.63) is 58.3 Å². The lowest BCUT2D eigenvalue weighted by Gasteiger charge is -2.29. The molecule has 1 aliphatic rings. The number of nitro groups is 1. The Morgan fingerprint density at radius 3 is 2.63 bits per heavy atom. The minimum absolute atomic E-state index is 0.00322. The zero-order valence-electron chi connectivity index (χ0n) is 17.1. The summed E-state index contributed by atoms with van der Waals surface area (Å²) in [6, 6.07) is 8.43. The van der Waals surface area contributed by atoms with Gasteiger partial charge in [0.25, 0.3) is 5.69 Å². The second-order valence-corrected chi connectivity index (χ2v) is 7.52. The van der Waals surface area contributed by atoms with Crippen molar-refractivity contribution in [2.75, 3.05) is 24.3 Å². The van der Waals surface area contributed by atoms with E-state index in [-0.39, 0.29) is 23.7 Å². The number of nitrogens with zero attached hydrogens (tertiary/aromatic N) is 4. The van der Waals surface area contributed by atoms with Crippen molar-refractivity contribution >= 4 is 29.4 Å². The third-order valence-corrected chi connectivity index (χ3v) is 5.01. The van der Waals surface area contributed by atoms with Crippen molar-refractivity contribution in [2.45, 2.75) is 37.8 Å². The van der Waals surface area contributed by atoms with Gasteiger partial charge in [0.05, 0.1) is 4.92 Å². The van der Waals surface area contributed by atoms with Crippen molar-refractivity contribution in [3.8, 4) is 0 Å². The molecule has 1 aromatic heterocycles. The average Bonchev–Trinajstić information content (AvgIpc) is 2.74. The van der Waals surface area contributed by atoms with E-state index in [0.29, 0.717) is 11.5 Å². The molecule has 0 spiro atoms. The number of carbonyl (C=O) groups excluding carboxylic acids is 1. The molecule has 1 saturated carbocycles. The number of carbonyl (C=O) groups is 1. The lowest BCUT2D eigenvalue weighted by molar-refractivity contribution is -0.384. The van der Waals surface area contributed by atoms with Gasteiger partial charge in [-0.05, 0) is 43.4 Å². The fourth-order valence-corrected chi connectivity index (χ4v) is 3.40. The molecular weight excluding hydrogens is 384 g/mol. The molecule has 1 aliphatic carbocycles. The summed E-state index contributed by atoms with van der Waals surface area (Å²) >= 11 is 0. The molecule has 1 amide bonds. The maximum Gasteiger partial charge on any atom is 0.270 e. The van der Waals surface area contributed by atoms with Crippen molar-refractivity contribution in [2.24, 2.45) is 0 Å². The molecule has 0 atom stereocenters. The predicted octanol–water partition coefficient (Wildman–Crippen LogP) is 3.00. The second-order valence-electron chi connectivity index (χ2n) is 7.52. The van der Waals surface area contributed by atoms with Crippen molar-refractivity contribution < 1.29 is 9.72 Å². The third kappa shape index (κ3) is 6.00. The van der Waals surface area contributed by atoms with E-state index in [2.05, 4.69) is 20.6 Å². The van der Waals surface area contributed by atoms with Crippen LogP contribution in [0.25, 0.3) is 6.08 Å². The molecule has 2 N–H and O–H groups in total. The Morgan fingerprint density at radius 2 is 1.93 bits per heavy atom. The largest absolute Gasteiger partial charge is 0.363 e. The topological polar surface area (TPSA) is 113 Å². The number of non-ortho nitro benzene ring substituents is 1. The Morgan fingerprint density at radius 1 is 1.20 bits per heavy atom. The first kappa shape index (κ1) is 21.2. The molecule has 30 heavy (non-hydrogen) atoms. The highest BCUT2D eigenvalue weighted by Crippen LogP contribution is 2.22. The van der Waals surface area contributed by atoms with Gasteiger partial charge in [0.2, 0.25) is 11.9 Å². The number of rotatable bonds is 7. The minimum Gasteiger partial charge on any atom is -0.363 e. The van der Waals surface area contributed by atoms with Gasteiger partial charge in [-0.1, -0.05) is 12.1 Å². The lowest BCUT2D eigenvalue weighted by Crippen LogP contribution is -2.39. The number of amides is 1. The summed E-state index contributed by atoms with van der Waals surface area (Å²) in [4.78, 5) is 33.3. The standard InChI is InChI=1S/C21H26N6O3/c1-26(2)19-12-13-22-21(25-19)24-17-9-7-16(8-10-17)23-20(28)11-6-15-4-3-5-18(14-15)27(29)30/h3-6,11-14,16-17H,7-10H2,1-2H3,(H,23,28)(H,22,24,25)/b11-6+/t16-,17+. The van der Waals surface area contributed by atoms with Crippen molar-refractivity contribution in [1.29, 1.82) is 0 Å². The van der Waals surface area contributed by atoms with E-state index >= 15 is 0 Å². The van der Waals surface area contributed by atoms with Crippen LogP contribution in [-0.4, -0.2) is 47.0 Å². The predicted molar refractivity (Wildman–Crippen MR) is 116 cm³/mol. The van der Waals surface area contributed by atoms with Gasteiger partial charge in [-0.2, -0.15) is 4.98 Å². The SMILES string of the molecule is CN(C)c1ccnc(N[C@H]2CC[C@@H](NC(=O)/C=C/c3cccc([N+](=O)[O-])c3)CC2)n1. The highest BCUT2D eigenvalue weighted by atomic mass is 16.6. The summed E-state index contributed by atoms with van der Waals surface area (Å²) in [7, 11) is 3.88. The molecule has 0 unspecified atom stereocenters. The molecule has 0 saturated heterocycles. The number of nitro benzene ring substituents is 1. The van der Waals surface area contributed by atoms with E-state index in [1.165, 1.54) is 18.2 Å². The number of anilines is 2. The van der Waals surface area contributed by atoms with E-state index in [4.69, 9.17) is 0 Å². The van der Waals surface area contributed by atoms with E-state index in [1.807, 2.05) is 25.1 Å². The molecule has 1 heterocycles. The first-order valence-electron chi connectivity index (χ1n) is 9.90. The Bertz CT molecular complexity index is 922. The Balaban J connectivity index is 1.46. The highest BCUT2D eigenvalue weighted by molar-refractivity contribution is 5.92. The molecule has 1 fully saturated rings. The van der Waals surface area contributed by atoms with Crippen LogP contribution in [-0.2, 0) is 4.79 Å². The van der Waals surface area contributed by atoms with Gasteiger partial charge in [-0.15, -0.1) is 0 Å². The van der Waals surface area contributed by atoms with Gasteiger partial charge in [0.15, 0.2) is 0 Å². The zero-order chi connectivity index (χ0) is 21.5. The molecule has 3 rings (SSSR count). The summed E-state index contributed by atoms with van der Waals surface area (Å²) in [5.41, 5.74) is 0.621. The van der Waals surface area contributed by atoms with Gasteiger partial charge < -0.3 is 15.5 Å². The Kier molecular flexibility index (Phi) is 6.95. The average molecular weight is 410 g/mol. The summed E-state index contributed by atoms with van der Waals surface area (Å²) in [6.07, 6.45) is 8.30. The molecule has 9 nitrogen and oxygen atoms in total. The molecule has 0 bridgehead atoms. The van der Waals surface area contributed by atoms with Crippen LogP contribution >= 0.6 is 0 Å². The molecular formula is C21H26N6O3. The van der Waals surface area contributed by atoms with E-state index < -0.39 is 4.92 Å². The summed E-state index contributed by atoms with van der Waals surface area (Å²) in [5.74, 6) is 1.28. The Labute approximate surface area is 175 Å². The second kappa shape index (κ2) is 9.82. The number of benzene rings is 1. The highest BCUT2D eigenvalue weighted by Gasteiger charge is 2.22. The van der Waals surface area contributed by atoms with Crippen molar-refractivity contribution in [1.82, 2.24) is 15.3 Å². The lowest BCUT2D eigenvalue weighted by atomic mass is 9.91. The van der Waals surface area contributed by atoms with Crippen LogP contribution in [0.5, 0.6) is 0 Å². The fourth-order valence-electron chi connectivity index (χ4n) is 3.40. The van der Waals surface area contributed by atoms with Crippen LogP contribution in [0.4, 0.5) is 17.5 Å². The molecule has 158 valence electrons.